The van der Waals surface area contributed by atoms with Crippen molar-refractivity contribution in [1.29, 1.82) is 0 Å². The summed E-state index contributed by atoms with van der Waals surface area (Å²) in [6.45, 7) is 12.5. The van der Waals surface area contributed by atoms with Crippen LogP contribution in [0.3, 0.4) is 0 Å². The third-order valence-electron chi connectivity index (χ3n) is 9.16. The largest absolute Gasteiger partial charge is 0.493 e. The van der Waals surface area contributed by atoms with Crippen LogP contribution in [0, 0.1) is 29.6 Å². The minimum absolute atomic E-state index is 0. The van der Waals surface area contributed by atoms with Gasteiger partial charge in [0.2, 0.25) is 5.91 Å². The number of nitrogens with two attached hydrogens (primary N) is 1. The maximum absolute atomic E-state index is 13.1. The maximum atomic E-state index is 13.1. The molecule has 0 saturated carbocycles. The second kappa shape index (κ2) is 23.0. The van der Waals surface area contributed by atoms with Crippen LogP contribution in [0.25, 0.3) is 0 Å². The Labute approximate surface area is 288 Å². The Balaban J connectivity index is 0.0000110. The van der Waals surface area contributed by atoms with Gasteiger partial charge in [-0.25, -0.2) is 0 Å². The summed E-state index contributed by atoms with van der Waals surface area (Å²) in [4.78, 5) is 40.3. The van der Waals surface area contributed by atoms with Crippen LogP contribution >= 0.6 is 12.4 Å². The average molecular weight is 685 g/mol. The van der Waals surface area contributed by atoms with Gasteiger partial charge in [0, 0.05) is 45.3 Å². The molecular weight excluding hydrogens is 624 g/mol. The number of hydrogen-bond acceptors (Lipinski definition) is 9. The number of nitrogens with one attached hydrogen (secondary N) is 2. The van der Waals surface area contributed by atoms with E-state index in [9.17, 15) is 19.5 Å². The van der Waals surface area contributed by atoms with Crippen molar-refractivity contribution < 1.29 is 33.7 Å². The highest BCUT2D eigenvalue weighted by molar-refractivity contribution is 5.96. The van der Waals surface area contributed by atoms with Crippen molar-refractivity contribution in [3.05, 3.63) is 29.8 Å². The molecule has 1 aromatic rings. The predicted octanol–water partition coefficient (Wildman–Crippen LogP) is 3.66. The lowest BCUT2D eigenvalue weighted by molar-refractivity contribution is -0.147. The summed E-state index contributed by atoms with van der Waals surface area (Å²) in [5.74, 6) is -0.0458. The van der Waals surface area contributed by atoms with E-state index in [0.29, 0.717) is 50.6 Å². The summed E-state index contributed by atoms with van der Waals surface area (Å²) in [6, 6.07) is 6.67. The average Bonchev–Trinajstić information content (AvgIpc) is 3.04. The molecule has 0 aliphatic carbocycles. The van der Waals surface area contributed by atoms with Gasteiger partial charge < -0.3 is 40.6 Å². The predicted molar refractivity (Wildman–Crippen MR) is 187 cm³/mol. The molecule has 1 aliphatic heterocycles. The molecule has 11 nitrogen and oxygen atoms in total. The number of para-hydroxylation sites is 1. The monoisotopic (exact) mass is 684 g/mol. The van der Waals surface area contributed by atoms with Gasteiger partial charge in [0.15, 0.2) is 0 Å². The van der Waals surface area contributed by atoms with Crippen molar-refractivity contribution in [1.82, 2.24) is 15.5 Å². The summed E-state index contributed by atoms with van der Waals surface area (Å²) < 4.78 is 15.8. The molecule has 0 unspecified atom stereocenters. The van der Waals surface area contributed by atoms with Crippen molar-refractivity contribution in [2.75, 3.05) is 60.2 Å². The second-order valence-corrected chi connectivity index (χ2v) is 13.2. The normalized spacial score (nSPS) is 16.6. The molecule has 1 aromatic carbocycles. The fourth-order valence-electron chi connectivity index (χ4n) is 5.87. The van der Waals surface area contributed by atoms with Crippen molar-refractivity contribution in [3.63, 3.8) is 0 Å². The van der Waals surface area contributed by atoms with E-state index in [0.717, 1.165) is 38.8 Å². The number of carbonyl (C=O) groups excluding carboxylic acids is 3. The summed E-state index contributed by atoms with van der Waals surface area (Å²) in [6.07, 6.45) is 3.15. The smallest absolute Gasteiger partial charge is 0.308 e. The number of aliphatic hydroxyl groups excluding tert-OH is 1. The quantitative estimate of drug-likeness (QED) is 0.112. The Morgan fingerprint density at radius 2 is 1.64 bits per heavy atom. The standard InChI is InChI=1S/C35H60N4O7.ClH/c1-24(2)27(23-38-33(41)28-11-7-8-12-32(28)46-20-10-9-19-44-5)21-30(36)31(40)22-29(25(3)4)34(42)37-15-18-39-16-13-26(14-17-39)35(43)45-6;/h7-8,11-12,24-27,29-31,40H,9-10,13-23,36H2,1-6H3,(H,37,42)(H,38,41);1H/t27-,29+,30+,31+;/m1./s1. The van der Waals surface area contributed by atoms with E-state index >= 15 is 0 Å². The van der Waals surface area contributed by atoms with Crippen molar-refractivity contribution in [3.8, 4) is 5.75 Å². The fraction of sp³-hybridized carbons (Fsp3) is 0.743. The first-order valence-corrected chi connectivity index (χ1v) is 17.0. The van der Waals surface area contributed by atoms with E-state index in [-0.39, 0.29) is 66.2 Å². The molecule has 1 aliphatic rings. The van der Waals surface area contributed by atoms with Crippen LogP contribution in [0.1, 0.15) is 76.6 Å². The van der Waals surface area contributed by atoms with Gasteiger partial charge in [-0.15, -0.1) is 12.4 Å². The highest BCUT2D eigenvalue weighted by atomic mass is 35.5. The van der Waals surface area contributed by atoms with Gasteiger partial charge in [0.05, 0.1) is 31.3 Å². The first-order chi connectivity index (χ1) is 22.0. The Morgan fingerprint density at radius 1 is 0.979 bits per heavy atom. The third kappa shape index (κ3) is 15.1. The number of nitrogens with zero attached hydrogens (tertiary/aromatic N) is 1. The molecule has 1 saturated heterocycles. The Morgan fingerprint density at radius 3 is 2.26 bits per heavy atom. The van der Waals surface area contributed by atoms with Gasteiger partial charge >= 0.3 is 5.97 Å². The third-order valence-corrected chi connectivity index (χ3v) is 9.16. The number of esters is 1. The SMILES string of the molecule is COCCCCOc1ccccc1C(=O)NC[C@@H](C[C@H](N)[C@@H](O)C[C@H](C(=O)NCCN1CCC(C(=O)OC)CC1)C(C)C)C(C)C.Cl. The minimum atomic E-state index is -0.861. The van der Waals surface area contributed by atoms with Gasteiger partial charge in [-0.2, -0.15) is 0 Å². The number of unbranched alkanes of at least 4 members (excludes halogenated alkanes) is 1. The number of aliphatic hydroxyl groups is 1. The van der Waals surface area contributed by atoms with Crippen molar-refractivity contribution >= 4 is 30.2 Å². The summed E-state index contributed by atoms with van der Waals surface area (Å²) >= 11 is 0. The van der Waals surface area contributed by atoms with Gasteiger partial charge in [-0.1, -0.05) is 39.8 Å². The van der Waals surface area contributed by atoms with Gasteiger partial charge in [0.25, 0.3) is 5.91 Å². The van der Waals surface area contributed by atoms with Crippen LogP contribution in [0.4, 0.5) is 0 Å². The molecule has 1 fully saturated rings. The molecule has 270 valence electrons. The van der Waals surface area contributed by atoms with Crippen molar-refractivity contribution in [2.24, 2.45) is 35.3 Å². The fourth-order valence-corrected chi connectivity index (χ4v) is 5.87. The van der Waals surface area contributed by atoms with Crippen LogP contribution in [0.2, 0.25) is 0 Å². The zero-order valence-corrected chi connectivity index (χ0v) is 30.2. The van der Waals surface area contributed by atoms with E-state index in [1.165, 1.54) is 7.11 Å². The number of carbonyl (C=O) groups is 3. The zero-order valence-electron chi connectivity index (χ0n) is 29.4. The molecule has 4 atom stereocenters. The van der Waals surface area contributed by atoms with Crippen LogP contribution in [0.5, 0.6) is 5.75 Å². The lowest BCUT2D eigenvalue weighted by atomic mass is 9.83. The van der Waals surface area contributed by atoms with Crippen molar-refractivity contribution in [2.45, 2.75) is 78.4 Å². The number of benzene rings is 1. The van der Waals surface area contributed by atoms with Gasteiger partial charge in [0.1, 0.15) is 5.75 Å². The summed E-state index contributed by atoms with van der Waals surface area (Å²) in [7, 11) is 3.10. The molecule has 47 heavy (non-hydrogen) atoms. The lowest BCUT2D eigenvalue weighted by Crippen LogP contribution is -2.45. The highest BCUT2D eigenvalue weighted by Gasteiger charge is 2.30. The molecule has 12 heteroatoms. The van der Waals surface area contributed by atoms with E-state index < -0.39 is 12.1 Å². The summed E-state index contributed by atoms with van der Waals surface area (Å²) in [5.41, 5.74) is 7.00. The Hall–Kier alpha value is -2.44. The van der Waals surface area contributed by atoms with E-state index in [1.807, 2.05) is 26.0 Å². The zero-order chi connectivity index (χ0) is 34.1. The Kier molecular flexibility index (Phi) is 20.8. The molecule has 0 bridgehead atoms. The second-order valence-electron chi connectivity index (χ2n) is 13.2. The van der Waals surface area contributed by atoms with Crippen LogP contribution in [0.15, 0.2) is 24.3 Å². The number of hydrogen-bond donors (Lipinski definition) is 4. The highest BCUT2D eigenvalue weighted by Crippen LogP contribution is 2.24. The molecule has 0 spiro atoms. The van der Waals surface area contributed by atoms with E-state index in [1.54, 1.807) is 19.2 Å². The minimum Gasteiger partial charge on any atom is -0.493 e. The van der Waals surface area contributed by atoms with Gasteiger partial charge in [-0.05, 0) is 81.5 Å². The van der Waals surface area contributed by atoms with E-state index in [2.05, 4.69) is 29.4 Å². The molecule has 5 N–H and O–H groups in total. The molecule has 1 heterocycles. The molecule has 2 amide bonds. The number of halogens is 1. The van der Waals surface area contributed by atoms with Crippen LogP contribution in [-0.2, 0) is 19.1 Å². The van der Waals surface area contributed by atoms with Crippen LogP contribution in [-0.4, -0.2) is 100 Å². The number of amides is 2. The number of ether oxygens (including phenoxy) is 3. The number of piperidine rings is 1. The lowest BCUT2D eigenvalue weighted by Gasteiger charge is -2.31. The number of methoxy groups -OCH3 is 2. The number of rotatable bonds is 21. The van der Waals surface area contributed by atoms with E-state index in [4.69, 9.17) is 19.9 Å². The topological polar surface area (TPSA) is 152 Å². The molecule has 0 aromatic heterocycles. The molecular formula is C35H61ClN4O7. The molecule has 2 rings (SSSR count). The molecule has 0 radical (unpaired) electrons. The number of likely N-dealkylation sites (tertiary alicyclic amines) is 1. The Bertz CT molecular complexity index is 1050. The van der Waals surface area contributed by atoms with Crippen LogP contribution < -0.4 is 21.1 Å². The van der Waals surface area contributed by atoms with Gasteiger partial charge in [-0.3, -0.25) is 14.4 Å². The maximum Gasteiger partial charge on any atom is 0.308 e. The summed E-state index contributed by atoms with van der Waals surface area (Å²) in [5, 5.41) is 17.2. The first kappa shape index (κ1) is 42.6. The first-order valence-electron chi connectivity index (χ1n) is 17.0.